The zero-order valence-corrected chi connectivity index (χ0v) is 10.0. The van der Waals surface area contributed by atoms with Crippen LogP contribution in [-0.4, -0.2) is 36.5 Å². The molecule has 3 rings (SSSR count). The van der Waals surface area contributed by atoms with Crippen molar-refractivity contribution in [3.05, 3.63) is 22.4 Å². The molecule has 1 aromatic rings. The maximum Gasteiger partial charge on any atom is 0.263 e. The molecule has 2 atom stereocenters. The number of piperidine rings is 1. The fourth-order valence-corrected chi connectivity index (χ4v) is 3.46. The fraction of sp³-hybridized carbons (Fsp3) is 0.583. The van der Waals surface area contributed by atoms with Crippen LogP contribution in [-0.2, 0) is 0 Å². The molecular formula is C12H16N2OS. The number of amides is 1. The van der Waals surface area contributed by atoms with E-state index in [1.54, 1.807) is 0 Å². The summed E-state index contributed by atoms with van der Waals surface area (Å²) in [6.45, 7) is 2.94. The molecule has 0 radical (unpaired) electrons. The van der Waals surface area contributed by atoms with Crippen molar-refractivity contribution in [1.82, 2.24) is 10.2 Å². The second-order valence-electron chi connectivity index (χ2n) is 4.65. The van der Waals surface area contributed by atoms with E-state index in [9.17, 15) is 4.79 Å². The molecule has 1 N–H and O–H groups in total. The van der Waals surface area contributed by atoms with Gasteiger partial charge in [0.1, 0.15) is 0 Å². The van der Waals surface area contributed by atoms with E-state index >= 15 is 0 Å². The van der Waals surface area contributed by atoms with Crippen LogP contribution in [0, 0.1) is 5.92 Å². The minimum Gasteiger partial charge on any atom is -0.336 e. The summed E-state index contributed by atoms with van der Waals surface area (Å²) in [6.07, 6.45) is 2.52. The van der Waals surface area contributed by atoms with E-state index in [2.05, 4.69) is 5.32 Å². The summed E-state index contributed by atoms with van der Waals surface area (Å²) in [5, 5.41) is 5.49. The lowest BCUT2D eigenvalue weighted by molar-refractivity contribution is 0.0790. The van der Waals surface area contributed by atoms with Crippen LogP contribution in [0.5, 0.6) is 0 Å². The minimum atomic E-state index is 0.214. The van der Waals surface area contributed by atoms with Crippen molar-refractivity contribution in [1.29, 1.82) is 0 Å². The van der Waals surface area contributed by atoms with E-state index in [4.69, 9.17) is 0 Å². The van der Waals surface area contributed by atoms with Crippen LogP contribution < -0.4 is 5.32 Å². The lowest BCUT2D eigenvalue weighted by atomic mass is 9.94. The van der Waals surface area contributed by atoms with Crippen molar-refractivity contribution >= 4 is 17.2 Å². The first-order valence-electron chi connectivity index (χ1n) is 5.91. The number of nitrogens with one attached hydrogen (secondary N) is 1. The highest BCUT2D eigenvalue weighted by atomic mass is 32.1. The Morgan fingerprint density at radius 2 is 2.44 bits per heavy atom. The van der Waals surface area contributed by atoms with E-state index in [1.165, 1.54) is 24.2 Å². The average Bonchev–Trinajstić information content (AvgIpc) is 2.97. The summed E-state index contributed by atoms with van der Waals surface area (Å²) >= 11 is 1.54. The summed E-state index contributed by atoms with van der Waals surface area (Å²) in [6, 6.07) is 4.40. The van der Waals surface area contributed by atoms with Gasteiger partial charge in [0.15, 0.2) is 0 Å². The van der Waals surface area contributed by atoms with Gasteiger partial charge < -0.3 is 10.2 Å². The highest BCUT2D eigenvalue weighted by molar-refractivity contribution is 7.12. The predicted molar refractivity (Wildman–Crippen MR) is 64.7 cm³/mol. The van der Waals surface area contributed by atoms with Crippen molar-refractivity contribution in [2.24, 2.45) is 5.92 Å². The van der Waals surface area contributed by atoms with Gasteiger partial charge in [-0.2, -0.15) is 0 Å². The summed E-state index contributed by atoms with van der Waals surface area (Å²) in [5.74, 6) is 0.892. The number of carbonyl (C=O) groups excluding carboxylic acids is 1. The Balaban J connectivity index is 1.71. The topological polar surface area (TPSA) is 32.3 Å². The second kappa shape index (κ2) is 4.18. The highest BCUT2D eigenvalue weighted by Gasteiger charge is 2.36. The van der Waals surface area contributed by atoms with Crippen molar-refractivity contribution in [3.63, 3.8) is 0 Å². The molecule has 0 saturated carbocycles. The Morgan fingerprint density at radius 3 is 3.19 bits per heavy atom. The molecule has 1 amide bonds. The Bertz CT molecular complexity index is 362. The number of likely N-dealkylation sites (tertiary alicyclic amines) is 1. The number of fused-ring (bicyclic) bond motifs is 1. The molecule has 3 heterocycles. The smallest absolute Gasteiger partial charge is 0.263 e. The fourth-order valence-electron chi connectivity index (χ4n) is 2.77. The molecule has 0 spiro atoms. The largest absolute Gasteiger partial charge is 0.336 e. The van der Waals surface area contributed by atoms with Crippen LogP contribution in [0.25, 0.3) is 0 Å². The Morgan fingerprint density at radius 1 is 1.50 bits per heavy atom. The lowest BCUT2D eigenvalue weighted by Gasteiger charge is -2.24. The molecule has 0 bridgehead atoms. The van der Waals surface area contributed by atoms with E-state index in [0.717, 1.165) is 24.5 Å². The van der Waals surface area contributed by atoms with Crippen molar-refractivity contribution in [2.75, 3.05) is 19.6 Å². The van der Waals surface area contributed by atoms with Gasteiger partial charge in [0, 0.05) is 19.1 Å². The van der Waals surface area contributed by atoms with Crippen LogP contribution in [0.4, 0.5) is 0 Å². The van der Waals surface area contributed by atoms with E-state index in [0.29, 0.717) is 12.0 Å². The van der Waals surface area contributed by atoms with Gasteiger partial charge in [-0.1, -0.05) is 6.07 Å². The summed E-state index contributed by atoms with van der Waals surface area (Å²) in [7, 11) is 0. The third-order valence-electron chi connectivity index (χ3n) is 3.62. The van der Waals surface area contributed by atoms with Gasteiger partial charge in [-0.15, -0.1) is 11.3 Å². The second-order valence-corrected chi connectivity index (χ2v) is 5.60. The molecule has 3 nitrogen and oxygen atoms in total. The maximum absolute atomic E-state index is 12.2. The van der Waals surface area contributed by atoms with Gasteiger partial charge in [-0.05, 0) is 36.8 Å². The van der Waals surface area contributed by atoms with E-state index < -0.39 is 0 Å². The number of carbonyl (C=O) groups is 1. The number of rotatable bonds is 1. The van der Waals surface area contributed by atoms with E-state index in [-0.39, 0.29) is 5.91 Å². The zero-order valence-electron chi connectivity index (χ0n) is 9.19. The Labute approximate surface area is 99.5 Å². The molecule has 2 unspecified atom stereocenters. The van der Waals surface area contributed by atoms with Crippen molar-refractivity contribution in [3.8, 4) is 0 Å². The SMILES string of the molecule is O=C(c1cccs1)N1CC2CCCNC2C1. The third-order valence-corrected chi connectivity index (χ3v) is 4.48. The minimum absolute atomic E-state index is 0.214. The predicted octanol–water partition coefficient (Wildman–Crippen LogP) is 1.57. The normalized spacial score (nSPS) is 29.1. The van der Waals surface area contributed by atoms with Gasteiger partial charge >= 0.3 is 0 Å². The third kappa shape index (κ3) is 1.76. The van der Waals surface area contributed by atoms with Gasteiger partial charge in [0.2, 0.25) is 0 Å². The molecule has 2 aliphatic heterocycles. The van der Waals surface area contributed by atoms with Crippen molar-refractivity contribution in [2.45, 2.75) is 18.9 Å². The quantitative estimate of drug-likeness (QED) is 0.803. The Kier molecular flexibility index (Phi) is 2.69. The van der Waals surface area contributed by atoms with Gasteiger partial charge in [-0.25, -0.2) is 0 Å². The standard InChI is InChI=1S/C12H16N2OS/c15-12(11-4-2-6-16-11)14-7-9-3-1-5-13-10(9)8-14/h2,4,6,9-10,13H,1,3,5,7-8H2. The van der Waals surface area contributed by atoms with Gasteiger partial charge in [0.05, 0.1) is 4.88 Å². The summed E-state index contributed by atoms with van der Waals surface area (Å²) in [4.78, 5) is 15.0. The van der Waals surface area contributed by atoms with Crippen LogP contribution in [0.2, 0.25) is 0 Å². The molecule has 1 aromatic heterocycles. The molecule has 86 valence electrons. The van der Waals surface area contributed by atoms with Crippen LogP contribution in [0.1, 0.15) is 22.5 Å². The number of nitrogens with zero attached hydrogens (tertiary/aromatic N) is 1. The average molecular weight is 236 g/mol. The molecule has 0 aromatic carbocycles. The Hall–Kier alpha value is -0.870. The highest BCUT2D eigenvalue weighted by Crippen LogP contribution is 2.26. The molecule has 0 aliphatic carbocycles. The molecule has 2 aliphatic rings. The van der Waals surface area contributed by atoms with Crippen LogP contribution in [0.3, 0.4) is 0 Å². The van der Waals surface area contributed by atoms with Gasteiger partial charge in [0.25, 0.3) is 5.91 Å². The zero-order chi connectivity index (χ0) is 11.0. The molecule has 2 saturated heterocycles. The van der Waals surface area contributed by atoms with Crippen molar-refractivity contribution < 1.29 is 4.79 Å². The number of thiophene rings is 1. The summed E-state index contributed by atoms with van der Waals surface area (Å²) < 4.78 is 0. The first kappa shape index (κ1) is 10.3. The molecular weight excluding hydrogens is 220 g/mol. The molecule has 16 heavy (non-hydrogen) atoms. The first-order chi connectivity index (χ1) is 7.84. The van der Waals surface area contributed by atoms with Gasteiger partial charge in [-0.3, -0.25) is 4.79 Å². The van der Waals surface area contributed by atoms with E-state index in [1.807, 2.05) is 22.4 Å². The monoisotopic (exact) mass is 236 g/mol. The first-order valence-corrected chi connectivity index (χ1v) is 6.79. The van der Waals surface area contributed by atoms with Crippen LogP contribution >= 0.6 is 11.3 Å². The summed E-state index contributed by atoms with van der Waals surface area (Å²) in [5.41, 5.74) is 0. The number of hydrogen-bond acceptors (Lipinski definition) is 3. The molecule has 4 heteroatoms. The number of hydrogen-bond donors (Lipinski definition) is 1. The maximum atomic E-state index is 12.2. The molecule has 2 fully saturated rings. The lowest BCUT2D eigenvalue weighted by Crippen LogP contribution is -2.41. The van der Waals surface area contributed by atoms with Crippen LogP contribution in [0.15, 0.2) is 17.5 Å².